The maximum Gasteiger partial charge on any atom is 0.416 e. The minimum absolute atomic E-state index is 0.106. The average molecular weight is 353 g/mol. The van der Waals surface area contributed by atoms with Gasteiger partial charge in [0.1, 0.15) is 0 Å². The number of nitrogens with zero attached hydrogens (tertiary/aromatic N) is 3. The van der Waals surface area contributed by atoms with Gasteiger partial charge in [-0.3, -0.25) is 10.1 Å². The van der Waals surface area contributed by atoms with Crippen LogP contribution in [-0.2, 0) is 6.18 Å². The highest BCUT2D eigenvalue weighted by Gasteiger charge is 2.31. The van der Waals surface area contributed by atoms with Crippen molar-refractivity contribution < 1.29 is 18.0 Å². The van der Waals surface area contributed by atoms with E-state index in [-0.39, 0.29) is 15.2 Å². The van der Waals surface area contributed by atoms with Crippen molar-refractivity contribution in [2.75, 3.05) is 5.32 Å². The lowest BCUT2D eigenvalue weighted by atomic mass is 10.1. The second kappa shape index (κ2) is 5.21. The molecule has 0 radical (unpaired) electrons. The van der Waals surface area contributed by atoms with Gasteiger partial charge in [-0.15, -0.1) is 0 Å². The summed E-state index contributed by atoms with van der Waals surface area (Å²) >= 11 is 3.85. The first-order valence-electron chi connectivity index (χ1n) is 4.71. The van der Waals surface area contributed by atoms with Gasteiger partial charge in [-0.1, -0.05) is 9.59 Å². The van der Waals surface area contributed by atoms with Gasteiger partial charge in [0.25, 0.3) is 5.91 Å². The van der Waals surface area contributed by atoms with Gasteiger partial charge >= 0.3 is 6.18 Å². The molecule has 1 heterocycles. The number of nitrogens with one attached hydrogen (secondary N) is 1. The van der Waals surface area contributed by atoms with Gasteiger partial charge in [0.15, 0.2) is 0 Å². The Morgan fingerprint density at radius 1 is 1.37 bits per heavy atom. The van der Waals surface area contributed by atoms with Crippen molar-refractivity contribution in [3.05, 3.63) is 33.8 Å². The van der Waals surface area contributed by atoms with E-state index in [1.54, 1.807) is 0 Å². The lowest BCUT2D eigenvalue weighted by Gasteiger charge is -2.09. The number of halogens is 4. The van der Waals surface area contributed by atoms with Crippen LogP contribution in [0.4, 0.5) is 18.3 Å². The second-order valence-electron chi connectivity index (χ2n) is 3.31. The molecule has 0 saturated heterocycles. The van der Waals surface area contributed by atoms with Gasteiger partial charge in [-0.2, -0.15) is 13.2 Å². The molecule has 5 nitrogen and oxygen atoms in total. The first-order valence-corrected chi connectivity index (χ1v) is 6.27. The third kappa shape index (κ3) is 3.26. The standard InChI is InChI=1S/C9H4BrF3N4OS/c10-6-2-1-4(9(11,12)13)3-5(6)7(18)14-8-15-16-17-19-8/h1-3H,(H,14,15,17,18). The molecule has 1 N–H and O–H groups in total. The van der Waals surface area contributed by atoms with Crippen LogP contribution in [0.5, 0.6) is 0 Å². The quantitative estimate of drug-likeness (QED) is 0.902. The smallest absolute Gasteiger partial charge is 0.295 e. The number of aromatic nitrogens is 3. The highest BCUT2D eigenvalue weighted by Crippen LogP contribution is 2.32. The van der Waals surface area contributed by atoms with Gasteiger partial charge in [0.2, 0.25) is 5.13 Å². The van der Waals surface area contributed by atoms with Crippen molar-refractivity contribution in [3.8, 4) is 0 Å². The van der Waals surface area contributed by atoms with E-state index in [0.717, 1.165) is 29.7 Å². The van der Waals surface area contributed by atoms with Crippen LogP contribution in [0.25, 0.3) is 0 Å². The predicted octanol–water partition coefficient (Wildman–Crippen LogP) is 2.97. The van der Waals surface area contributed by atoms with Crippen LogP contribution in [0.15, 0.2) is 22.7 Å². The van der Waals surface area contributed by atoms with Gasteiger partial charge in [-0.05, 0) is 39.3 Å². The third-order valence-corrected chi connectivity index (χ3v) is 3.26. The number of carbonyl (C=O) groups is 1. The zero-order chi connectivity index (χ0) is 14.0. The Balaban J connectivity index is 2.31. The molecule has 0 spiro atoms. The van der Waals surface area contributed by atoms with Crippen LogP contribution in [0, 0.1) is 0 Å². The molecule has 100 valence electrons. The van der Waals surface area contributed by atoms with Crippen LogP contribution >= 0.6 is 27.5 Å². The van der Waals surface area contributed by atoms with Crippen molar-refractivity contribution in [3.63, 3.8) is 0 Å². The molecule has 0 unspecified atom stereocenters. The number of rotatable bonds is 2. The molecule has 0 bridgehead atoms. The minimum Gasteiger partial charge on any atom is -0.295 e. The topological polar surface area (TPSA) is 67.8 Å². The summed E-state index contributed by atoms with van der Waals surface area (Å²) in [5, 5.41) is 9.14. The minimum atomic E-state index is -4.51. The van der Waals surface area contributed by atoms with Crippen molar-refractivity contribution in [2.45, 2.75) is 6.18 Å². The van der Waals surface area contributed by atoms with Crippen LogP contribution in [-0.4, -0.2) is 20.7 Å². The van der Waals surface area contributed by atoms with E-state index in [2.05, 4.69) is 36.0 Å². The second-order valence-corrected chi connectivity index (χ2v) is 4.90. The number of alkyl halides is 3. The van der Waals surface area contributed by atoms with Gasteiger partial charge < -0.3 is 0 Å². The Morgan fingerprint density at radius 2 is 2.11 bits per heavy atom. The van der Waals surface area contributed by atoms with Crippen molar-refractivity contribution in [1.82, 2.24) is 14.8 Å². The molecule has 1 aromatic carbocycles. The summed E-state index contributed by atoms with van der Waals surface area (Å²) in [6, 6.07) is 2.80. The normalized spacial score (nSPS) is 11.4. The van der Waals surface area contributed by atoms with Crippen LogP contribution in [0.3, 0.4) is 0 Å². The highest BCUT2D eigenvalue weighted by molar-refractivity contribution is 9.10. The first-order chi connectivity index (χ1) is 8.88. The van der Waals surface area contributed by atoms with Crippen LogP contribution in [0.2, 0.25) is 0 Å². The fraction of sp³-hybridized carbons (Fsp3) is 0.111. The lowest BCUT2D eigenvalue weighted by Crippen LogP contribution is -2.14. The Morgan fingerprint density at radius 3 is 2.68 bits per heavy atom. The number of anilines is 1. The summed E-state index contributed by atoms with van der Waals surface area (Å²) in [5.41, 5.74) is -1.05. The zero-order valence-electron chi connectivity index (χ0n) is 8.90. The molecule has 0 fully saturated rings. The number of benzene rings is 1. The monoisotopic (exact) mass is 352 g/mol. The largest absolute Gasteiger partial charge is 0.416 e. The highest BCUT2D eigenvalue weighted by atomic mass is 79.9. The van der Waals surface area contributed by atoms with E-state index in [1.807, 2.05) is 0 Å². The molecular weight excluding hydrogens is 349 g/mol. The van der Waals surface area contributed by atoms with E-state index in [0.29, 0.717) is 0 Å². The van der Waals surface area contributed by atoms with E-state index in [4.69, 9.17) is 0 Å². The van der Waals surface area contributed by atoms with E-state index in [9.17, 15) is 18.0 Å². The van der Waals surface area contributed by atoms with Crippen molar-refractivity contribution in [1.29, 1.82) is 0 Å². The SMILES string of the molecule is O=C(Nc1nnns1)c1cc(C(F)(F)F)ccc1Br. The fourth-order valence-electron chi connectivity index (χ4n) is 1.22. The van der Waals surface area contributed by atoms with Crippen molar-refractivity contribution >= 4 is 38.5 Å². The summed E-state index contributed by atoms with van der Waals surface area (Å²) in [4.78, 5) is 11.8. The molecule has 10 heteroatoms. The Hall–Kier alpha value is -1.55. The molecule has 1 amide bonds. The predicted molar refractivity (Wildman–Crippen MR) is 64.8 cm³/mol. The maximum atomic E-state index is 12.6. The number of amides is 1. The van der Waals surface area contributed by atoms with Crippen molar-refractivity contribution in [2.24, 2.45) is 0 Å². The molecule has 0 aliphatic rings. The summed E-state index contributed by atoms with van der Waals surface area (Å²) in [6.07, 6.45) is -4.51. The van der Waals surface area contributed by atoms with Crippen LogP contribution < -0.4 is 5.32 Å². The molecule has 1 aromatic heterocycles. The Kier molecular flexibility index (Phi) is 3.80. The molecule has 2 rings (SSSR count). The Bertz CT molecular complexity index is 602. The number of hydrogen-bond donors (Lipinski definition) is 1. The van der Waals surface area contributed by atoms with E-state index >= 15 is 0 Å². The summed E-state index contributed by atoms with van der Waals surface area (Å²) < 4.78 is 41.4. The molecule has 0 saturated carbocycles. The maximum absolute atomic E-state index is 12.6. The van der Waals surface area contributed by atoms with E-state index < -0.39 is 17.6 Å². The summed E-state index contributed by atoms with van der Waals surface area (Å²) in [6.45, 7) is 0. The molecule has 19 heavy (non-hydrogen) atoms. The summed E-state index contributed by atoms with van der Waals surface area (Å²) in [5.74, 6) is -0.725. The lowest BCUT2D eigenvalue weighted by molar-refractivity contribution is -0.137. The van der Waals surface area contributed by atoms with E-state index in [1.165, 1.54) is 0 Å². The van der Waals surface area contributed by atoms with Gasteiger partial charge in [0, 0.05) is 16.0 Å². The third-order valence-electron chi connectivity index (χ3n) is 2.06. The fourth-order valence-corrected chi connectivity index (χ4v) is 2.01. The van der Waals surface area contributed by atoms with Gasteiger partial charge in [0.05, 0.1) is 11.1 Å². The molecule has 0 aliphatic carbocycles. The first kappa shape index (κ1) is 13.9. The average Bonchev–Trinajstić information content (AvgIpc) is 2.80. The summed E-state index contributed by atoms with van der Waals surface area (Å²) in [7, 11) is 0. The number of hydrogen-bond acceptors (Lipinski definition) is 5. The molecule has 0 aliphatic heterocycles. The Labute approximate surface area is 117 Å². The van der Waals surface area contributed by atoms with Gasteiger partial charge in [-0.25, -0.2) is 0 Å². The molecular formula is C9H4BrF3N4OS. The van der Waals surface area contributed by atoms with Crippen LogP contribution in [0.1, 0.15) is 15.9 Å². The zero-order valence-corrected chi connectivity index (χ0v) is 11.3. The molecule has 2 aromatic rings. The number of carbonyl (C=O) groups excluding carboxylic acids is 1. The molecule has 0 atom stereocenters.